The first-order valence-electron chi connectivity index (χ1n) is 2.71. The van der Waals surface area contributed by atoms with Crippen molar-refractivity contribution in [3.63, 3.8) is 0 Å². The lowest BCUT2D eigenvalue weighted by Gasteiger charge is -1.91. The monoisotopic (exact) mass is 102 g/mol. The highest BCUT2D eigenvalue weighted by Crippen LogP contribution is 2.53. The van der Waals surface area contributed by atoms with E-state index in [1.807, 2.05) is 20.8 Å². The summed E-state index contributed by atoms with van der Waals surface area (Å²) in [5, 5.41) is 0. The SMILES string of the molecule is C[C@H]1[C@@H](F)C1(C)C. The Morgan fingerprint density at radius 2 is 1.57 bits per heavy atom. The van der Waals surface area contributed by atoms with Crippen molar-refractivity contribution in [3.8, 4) is 0 Å². The van der Waals surface area contributed by atoms with Gasteiger partial charge in [-0.05, 0) is 5.92 Å². The molecule has 0 saturated heterocycles. The van der Waals surface area contributed by atoms with Gasteiger partial charge in [0, 0.05) is 5.41 Å². The number of halogens is 1. The van der Waals surface area contributed by atoms with Gasteiger partial charge in [0.05, 0.1) is 0 Å². The molecular weight excluding hydrogens is 91.1 g/mol. The van der Waals surface area contributed by atoms with Gasteiger partial charge in [-0.2, -0.15) is 0 Å². The summed E-state index contributed by atoms with van der Waals surface area (Å²) in [6.07, 6.45) is -0.535. The molecule has 0 aromatic heterocycles. The van der Waals surface area contributed by atoms with Crippen LogP contribution in [-0.2, 0) is 0 Å². The molecule has 0 spiro atoms. The van der Waals surface area contributed by atoms with Crippen LogP contribution in [0, 0.1) is 11.3 Å². The van der Waals surface area contributed by atoms with Crippen molar-refractivity contribution >= 4 is 0 Å². The quantitative estimate of drug-likeness (QED) is 0.439. The van der Waals surface area contributed by atoms with Crippen molar-refractivity contribution in [2.24, 2.45) is 11.3 Å². The lowest BCUT2D eigenvalue weighted by atomic mass is 10.1. The third kappa shape index (κ3) is 0.472. The van der Waals surface area contributed by atoms with Crippen LogP contribution in [0.25, 0.3) is 0 Å². The molecule has 42 valence electrons. The maximum atomic E-state index is 12.3. The minimum absolute atomic E-state index is 0. The Labute approximate surface area is 43.7 Å². The summed E-state index contributed by atoms with van der Waals surface area (Å²) in [6, 6.07) is 0. The van der Waals surface area contributed by atoms with Gasteiger partial charge in [-0.15, -0.1) is 0 Å². The summed E-state index contributed by atoms with van der Waals surface area (Å²) in [5.41, 5.74) is 0. The van der Waals surface area contributed by atoms with E-state index >= 15 is 0 Å². The van der Waals surface area contributed by atoms with Crippen molar-refractivity contribution in [2.45, 2.75) is 26.9 Å². The standard InChI is InChI=1S/C6H11F/c1-4-5(7)6(4,2)3/h4-5H,1-3H3/t4-,5+/m0/s1. The average molecular weight is 102 g/mol. The van der Waals surface area contributed by atoms with Gasteiger partial charge >= 0.3 is 0 Å². The van der Waals surface area contributed by atoms with E-state index in [1.165, 1.54) is 0 Å². The second-order valence-electron chi connectivity index (χ2n) is 3.01. The molecule has 0 aliphatic heterocycles. The summed E-state index contributed by atoms with van der Waals surface area (Å²) in [7, 11) is 0. The lowest BCUT2D eigenvalue weighted by molar-refractivity contribution is 0.397. The third-order valence-electron chi connectivity index (χ3n) is 2.21. The van der Waals surface area contributed by atoms with Gasteiger partial charge in [-0.1, -0.05) is 20.8 Å². The van der Waals surface area contributed by atoms with Crippen LogP contribution in [0.1, 0.15) is 20.8 Å². The van der Waals surface area contributed by atoms with Crippen LogP contribution < -0.4 is 0 Å². The molecule has 7 heavy (non-hydrogen) atoms. The molecule has 0 aromatic rings. The molecule has 0 amide bonds. The molecule has 0 aromatic carbocycles. The van der Waals surface area contributed by atoms with Gasteiger partial charge in [0.15, 0.2) is 0 Å². The summed E-state index contributed by atoms with van der Waals surface area (Å²) < 4.78 is 12.3. The Bertz CT molecular complexity index is 76.2. The second-order valence-corrected chi connectivity index (χ2v) is 3.01. The number of hydrogen-bond donors (Lipinski definition) is 0. The molecule has 0 nitrogen and oxygen atoms in total. The lowest BCUT2D eigenvalue weighted by Crippen LogP contribution is -1.87. The van der Waals surface area contributed by atoms with E-state index in [-0.39, 0.29) is 5.41 Å². The molecule has 1 heteroatoms. The highest BCUT2D eigenvalue weighted by Gasteiger charge is 2.55. The minimum atomic E-state index is -0.535. The van der Waals surface area contributed by atoms with Crippen LogP contribution in [0.15, 0.2) is 0 Å². The van der Waals surface area contributed by atoms with Gasteiger partial charge in [-0.3, -0.25) is 0 Å². The zero-order valence-corrected chi connectivity index (χ0v) is 5.03. The molecule has 0 N–H and O–H groups in total. The van der Waals surface area contributed by atoms with Crippen LogP contribution in [-0.4, -0.2) is 6.17 Å². The summed E-state index contributed by atoms with van der Waals surface area (Å²) in [6.45, 7) is 5.87. The predicted octanol–water partition coefficient (Wildman–Crippen LogP) is 2.00. The van der Waals surface area contributed by atoms with E-state index < -0.39 is 6.17 Å². The van der Waals surface area contributed by atoms with Gasteiger partial charge in [0.25, 0.3) is 0 Å². The average Bonchev–Trinajstić information content (AvgIpc) is 1.91. The number of rotatable bonds is 0. The largest absolute Gasteiger partial charge is 0.247 e. The fourth-order valence-corrected chi connectivity index (χ4v) is 0.822. The number of hydrogen-bond acceptors (Lipinski definition) is 0. The normalized spacial score (nSPS) is 46.3. The topological polar surface area (TPSA) is 0 Å². The van der Waals surface area contributed by atoms with Crippen molar-refractivity contribution in [1.82, 2.24) is 0 Å². The third-order valence-corrected chi connectivity index (χ3v) is 2.21. The van der Waals surface area contributed by atoms with E-state index in [9.17, 15) is 4.39 Å². The minimum Gasteiger partial charge on any atom is -0.247 e. The molecule has 1 saturated carbocycles. The van der Waals surface area contributed by atoms with Crippen LogP contribution in [0.5, 0.6) is 0 Å². The Morgan fingerprint density at radius 3 is 1.57 bits per heavy atom. The summed E-state index contributed by atoms with van der Waals surface area (Å²) in [5.74, 6) is 0.299. The van der Waals surface area contributed by atoms with Crippen molar-refractivity contribution < 1.29 is 4.39 Å². The van der Waals surface area contributed by atoms with Crippen molar-refractivity contribution in [3.05, 3.63) is 0 Å². The molecule has 1 aliphatic rings. The molecule has 0 unspecified atom stereocenters. The maximum absolute atomic E-state index is 12.3. The van der Waals surface area contributed by atoms with E-state index in [2.05, 4.69) is 0 Å². The van der Waals surface area contributed by atoms with E-state index in [0.717, 1.165) is 0 Å². The Morgan fingerprint density at radius 1 is 1.43 bits per heavy atom. The second kappa shape index (κ2) is 1.01. The predicted molar refractivity (Wildman–Crippen MR) is 27.8 cm³/mol. The molecule has 0 radical (unpaired) electrons. The first-order valence-corrected chi connectivity index (χ1v) is 2.71. The van der Waals surface area contributed by atoms with Gasteiger partial charge in [-0.25, -0.2) is 4.39 Å². The zero-order chi connectivity index (χ0) is 5.65. The first-order chi connectivity index (χ1) is 3.07. The van der Waals surface area contributed by atoms with E-state index in [1.54, 1.807) is 0 Å². The zero-order valence-electron chi connectivity index (χ0n) is 5.03. The first kappa shape index (κ1) is 5.07. The van der Waals surface area contributed by atoms with E-state index in [0.29, 0.717) is 5.92 Å². The van der Waals surface area contributed by atoms with Crippen LogP contribution in [0.2, 0.25) is 0 Å². The Balaban J connectivity index is 2.52. The van der Waals surface area contributed by atoms with Gasteiger partial charge in [0.2, 0.25) is 0 Å². The molecule has 2 atom stereocenters. The summed E-state index contributed by atoms with van der Waals surface area (Å²) >= 11 is 0. The fourth-order valence-electron chi connectivity index (χ4n) is 0.822. The summed E-state index contributed by atoms with van der Waals surface area (Å²) in [4.78, 5) is 0. The van der Waals surface area contributed by atoms with Crippen molar-refractivity contribution in [2.75, 3.05) is 0 Å². The Kier molecular flexibility index (Phi) is 0.734. The molecule has 1 fully saturated rings. The molecule has 1 rings (SSSR count). The van der Waals surface area contributed by atoms with Gasteiger partial charge in [0.1, 0.15) is 6.17 Å². The molecular formula is C6H11F. The molecule has 1 aliphatic carbocycles. The fraction of sp³-hybridized carbons (Fsp3) is 1.00. The highest BCUT2D eigenvalue weighted by atomic mass is 19.1. The van der Waals surface area contributed by atoms with Gasteiger partial charge < -0.3 is 0 Å². The van der Waals surface area contributed by atoms with E-state index in [4.69, 9.17) is 0 Å². The van der Waals surface area contributed by atoms with Crippen molar-refractivity contribution in [1.29, 1.82) is 0 Å². The number of alkyl halides is 1. The van der Waals surface area contributed by atoms with Crippen LogP contribution in [0.3, 0.4) is 0 Å². The smallest absolute Gasteiger partial charge is 0.109 e. The van der Waals surface area contributed by atoms with Crippen LogP contribution in [0.4, 0.5) is 4.39 Å². The van der Waals surface area contributed by atoms with Crippen LogP contribution >= 0.6 is 0 Å². The maximum Gasteiger partial charge on any atom is 0.109 e. The molecule has 0 heterocycles. The molecule has 0 bridgehead atoms. The highest BCUT2D eigenvalue weighted by molar-refractivity contribution is 5.03. The Hall–Kier alpha value is -0.0700.